The topological polar surface area (TPSA) is 52.6 Å². The van der Waals surface area contributed by atoms with Crippen LogP contribution in [-0.2, 0) is 11.3 Å². The molecule has 0 heterocycles. The number of para-hydroxylation sites is 1. The Labute approximate surface area is 113 Å². The molecule has 4 nitrogen and oxygen atoms in total. The van der Waals surface area contributed by atoms with Crippen molar-refractivity contribution in [2.24, 2.45) is 5.92 Å². The molecule has 5 heteroatoms. The molecule has 0 aliphatic heterocycles. The van der Waals surface area contributed by atoms with Crippen molar-refractivity contribution in [2.75, 3.05) is 20.1 Å². The van der Waals surface area contributed by atoms with Gasteiger partial charge in [0.2, 0.25) is 5.91 Å². The van der Waals surface area contributed by atoms with Crippen LogP contribution in [-0.4, -0.2) is 36.1 Å². The predicted molar refractivity (Wildman–Crippen MR) is 72.2 cm³/mol. The van der Waals surface area contributed by atoms with E-state index >= 15 is 0 Å². The van der Waals surface area contributed by atoms with Gasteiger partial charge >= 0.3 is 0 Å². The second kappa shape index (κ2) is 7.09. The molecule has 0 unspecified atom stereocenters. The third kappa shape index (κ3) is 5.26. The number of hydrogen-bond acceptors (Lipinski definition) is 3. The van der Waals surface area contributed by atoms with E-state index in [1.165, 1.54) is 12.1 Å². The molecule has 0 bridgehead atoms. The highest BCUT2D eigenvalue weighted by Gasteiger charge is 2.11. The average molecular weight is 268 g/mol. The van der Waals surface area contributed by atoms with Gasteiger partial charge in [-0.2, -0.15) is 0 Å². The molecule has 1 aromatic rings. The van der Waals surface area contributed by atoms with Crippen molar-refractivity contribution in [1.82, 2.24) is 10.2 Å². The zero-order valence-electron chi connectivity index (χ0n) is 11.6. The number of benzene rings is 1. The van der Waals surface area contributed by atoms with Crippen LogP contribution in [0.4, 0.5) is 4.39 Å². The van der Waals surface area contributed by atoms with Crippen LogP contribution < -0.4 is 5.32 Å². The van der Waals surface area contributed by atoms with Gasteiger partial charge in [0.25, 0.3) is 0 Å². The van der Waals surface area contributed by atoms with E-state index in [9.17, 15) is 14.3 Å². The Morgan fingerprint density at radius 3 is 2.79 bits per heavy atom. The fourth-order valence-electron chi connectivity index (χ4n) is 1.65. The quantitative estimate of drug-likeness (QED) is 0.826. The van der Waals surface area contributed by atoms with Crippen LogP contribution in [0.3, 0.4) is 0 Å². The number of nitrogens with one attached hydrogen (secondary N) is 1. The summed E-state index contributed by atoms with van der Waals surface area (Å²) in [5.74, 6) is -0.666. The number of likely N-dealkylation sites (N-methyl/N-ethyl adjacent to an activating group) is 1. The summed E-state index contributed by atoms with van der Waals surface area (Å²) in [5.41, 5.74) is 0.471. The summed E-state index contributed by atoms with van der Waals surface area (Å²) in [5, 5.41) is 12.4. The van der Waals surface area contributed by atoms with E-state index in [1.54, 1.807) is 18.0 Å². The van der Waals surface area contributed by atoms with Crippen molar-refractivity contribution in [2.45, 2.75) is 20.4 Å². The lowest BCUT2D eigenvalue weighted by Gasteiger charge is -2.17. The molecule has 0 aliphatic rings. The van der Waals surface area contributed by atoms with Crippen LogP contribution in [0.1, 0.15) is 19.4 Å². The van der Waals surface area contributed by atoms with Crippen LogP contribution in [0, 0.1) is 11.7 Å². The Morgan fingerprint density at radius 2 is 2.16 bits per heavy atom. The summed E-state index contributed by atoms with van der Waals surface area (Å²) < 4.78 is 13.2. The summed E-state index contributed by atoms with van der Waals surface area (Å²) in [7, 11) is 1.75. The van der Waals surface area contributed by atoms with Crippen LogP contribution in [0.5, 0.6) is 5.75 Å². The lowest BCUT2D eigenvalue weighted by atomic mass is 10.2. The zero-order valence-corrected chi connectivity index (χ0v) is 11.6. The maximum Gasteiger partial charge on any atom is 0.234 e. The van der Waals surface area contributed by atoms with Gasteiger partial charge in [0.15, 0.2) is 11.6 Å². The second-order valence-corrected chi connectivity index (χ2v) is 5.12. The first-order chi connectivity index (χ1) is 8.90. The van der Waals surface area contributed by atoms with Gasteiger partial charge in [-0.1, -0.05) is 26.0 Å². The maximum atomic E-state index is 13.2. The standard InChI is InChI=1S/C14H21FN2O2/c1-10(2)7-16-13(18)9-17(3)8-11-5-4-6-12(15)14(11)19/h4-6,10,19H,7-9H2,1-3H3,(H,16,18). The van der Waals surface area contributed by atoms with Gasteiger partial charge in [0.05, 0.1) is 6.54 Å². The minimum atomic E-state index is -0.643. The molecule has 2 N–H and O–H groups in total. The third-order valence-corrected chi connectivity index (χ3v) is 2.63. The molecular formula is C14H21FN2O2. The number of amides is 1. The Bertz CT molecular complexity index is 435. The number of phenolic OH excluding ortho intramolecular Hbond substituents is 1. The van der Waals surface area contributed by atoms with Crippen molar-refractivity contribution < 1.29 is 14.3 Å². The fourth-order valence-corrected chi connectivity index (χ4v) is 1.65. The van der Waals surface area contributed by atoms with Crippen molar-refractivity contribution >= 4 is 5.91 Å². The molecule has 1 aromatic carbocycles. The number of carbonyl (C=O) groups is 1. The number of carbonyl (C=O) groups excluding carboxylic acids is 1. The molecule has 0 radical (unpaired) electrons. The number of nitrogens with zero attached hydrogens (tertiary/aromatic N) is 1. The molecular weight excluding hydrogens is 247 g/mol. The number of aromatic hydroxyl groups is 1. The summed E-state index contributed by atoms with van der Waals surface area (Å²) in [6.45, 7) is 5.21. The molecule has 0 aliphatic carbocycles. The van der Waals surface area contributed by atoms with Crippen molar-refractivity contribution in [3.05, 3.63) is 29.6 Å². The van der Waals surface area contributed by atoms with Crippen LogP contribution in [0.2, 0.25) is 0 Å². The van der Waals surface area contributed by atoms with E-state index in [4.69, 9.17) is 0 Å². The Morgan fingerprint density at radius 1 is 1.47 bits per heavy atom. The third-order valence-electron chi connectivity index (χ3n) is 2.63. The summed E-state index contributed by atoms with van der Waals surface area (Å²) in [6.07, 6.45) is 0. The van der Waals surface area contributed by atoms with E-state index in [-0.39, 0.29) is 18.2 Å². The molecule has 0 aromatic heterocycles. The predicted octanol–water partition coefficient (Wildman–Crippen LogP) is 1.74. The number of rotatable bonds is 6. The van der Waals surface area contributed by atoms with Crippen LogP contribution >= 0.6 is 0 Å². The van der Waals surface area contributed by atoms with Gasteiger partial charge in [0.1, 0.15) is 0 Å². The Balaban J connectivity index is 2.49. The van der Waals surface area contributed by atoms with Crippen LogP contribution in [0.15, 0.2) is 18.2 Å². The van der Waals surface area contributed by atoms with E-state index in [2.05, 4.69) is 5.32 Å². The zero-order chi connectivity index (χ0) is 14.4. The molecule has 0 saturated heterocycles. The van der Waals surface area contributed by atoms with Crippen LogP contribution in [0.25, 0.3) is 0 Å². The Kier molecular flexibility index (Phi) is 5.76. The molecule has 0 spiro atoms. The van der Waals surface area contributed by atoms with Gasteiger partial charge in [-0.15, -0.1) is 0 Å². The molecule has 0 atom stereocenters. The normalized spacial score (nSPS) is 11.1. The van der Waals surface area contributed by atoms with Gasteiger partial charge in [-0.25, -0.2) is 4.39 Å². The molecule has 1 rings (SSSR count). The highest BCUT2D eigenvalue weighted by atomic mass is 19.1. The molecule has 19 heavy (non-hydrogen) atoms. The number of halogens is 1. The van der Waals surface area contributed by atoms with E-state index in [1.807, 2.05) is 13.8 Å². The fraction of sp³-hybridized carbons (Fsp3) is 0.500. The second-order valence-electron chi connectivity index (χ2n) is 5.12. The van der Waals surface area contributed by atoms with Gasteiger partial charge in [-0.05, 0) is 19.0 Å². The minimum absolute atomic E-state index is 0.0768. The highest BCUT2D eigenvalue weighted by molar-refractivity contribution is 5.77. The van der Waals surface area contributed by atoms with Crippen molar-refractivity contribution in [3.63, 3.8) is 0 Å². The van der Waals surface area contributed by atoms with E-state index < -0.39 is 5.82 Å². The number of phenols is 1. The highest BCUT2D eigenvalue weighted by Crippen LogP contribution is 2.21. The van der Waals surface area contributed by atoms with Crippen molar-refractivity contribution in [3.8, 4) is 5.75 Å². The van der Waals surface area contributed by atoms with Crippen molar-refractivity contribution in [1.29, 1.82) is 0 Å². The first-order valence-electron chi connectivity index (χ1n) is 6.31. The average Bonchev–Trinajstić information content (AvgIpc) is 2.32. The number of hydrogen-bond donors (Lipinski definition) is 2. The largest absolute Gasteiger partial charge is 0.505 e. The first kappa shape index (κ1) is 15.4. The molecule has 0 saturated carbocycles. The molecule has 1 amide bonds. The van der Waals surface area contributed by atoms with Gasteiger partial charge in [-0.3, -0.25) is 9.69 Å². The van der Waals surface area contributed by atoms with Gasteiger partial charge in [0, 0.05) is 18.7 Å². The minimum Gasteiger partial charge on any atom is -0.505 e. The Hall–Kier alpha value is -1.62. The van der Waals surface area contributed by atoms with E-state index in [0.717, 1.165) is 0 Å². The summed E-state index contributed by atoms with van der Waals surface area (Å²) in [4.78, 5) is 13.3. The monoisotopic (exact) mass is 268 g/mol. The van der Waals surface area contributed by atoms with E-state index in [0.29, 0.717) is 24.6 Å². The SMILES string of the molecule is CC(C)CNC(=O)CN(C)Cc1cccc(F)c1O. The van der Waals surface area contributed by atoms with Gasteiger partial charge < -0.3 is 10.4 Å². The molecule has 0 fully saturated rings. The summed E-state index contributed by atoms with van der Waals surface area (Å²) in [6, 6.07) is 4.38. The summed E-state index contributed by atoms with van der Waals surface area (Å²) >= 11 is 0. The lowest BCUT2D eigenvalue weighted by molar-refractivity contribution is -0.122. The molecule has 106 valence electrons. The lowest BCUT2D eigenvalue weighted by Crippen LogP contribution is -2.36. The maximum absolute atomic E-state index is 13.2. The smallest absolute Gasteiger partial charge is 0.234 e. The first-order valence-corrected chi connectivity index (χ1v) is 6.31.